The number of hydrogen-bond acceptors (Lipinski definition) is 0. The molecule has 0 unspecified atom stereocenters. The lowest BCUT2D eigenvalue weighted by atomic mass is 10.2. The predicted molar refractivity (Wildman–Crippen MR) is 93.5 cm³/mol. The molecule has 1 aliphatic heterocycles. The van der Waals surface area contributed by atoms with Gasteiger partial charge in [0.2, 0.25) is 0 Å². The lowest BCUT2D eigenvalue weighted by Crippen LogP contribution is -2.58. The molecule has 0 aliphatic carbocycles. The molecule has 0 nitrogen and oxygen atoms in total. The number of aryl methyl sites for hydroxylation is 1. The van der Waals surface area contributed by atoms with Gasteiger partial charge in [0.05, 0.1) is 16.1 Å². The van der Waals surface area contributed by atoms with Gasteiger partial charge < -0.3 is 0 Å². The molecular weight excluding hydrogens is 260 g/mol. The van der Waals surface area contributed by atoms with E-state index in [4.69, 9.17) is 0 Å². The Balaban J connectivity index is 2.53. The third-order valence-electron chi connectivity index (χ3n) is 4.99. The molecule has 2 rings (SSSR count). The highest BCUT2D eigenvalue weighted by Crippen LogP contribution is 2.22. The van der Waals surface area contributed by atoms with Crippen LogP contribution in [0.5, 0.6) is 0 Å². The van der Waals surface area contributed by atoms with Gasteiger partial charge in [-0.1, -0.05) is 98.1 Å². The Bertz CT molecular complexity index is 447. The molecule has 1 aromatic rings. The Labute approximate surface area is 121 Å². The lowest BCUT2D eigenvalue weighted by molar-refractivity contribution is 0.692. The van der Waals surface area contributed by atoms with Crippen LogP contribution in [-0.2, 0) is 0 Å². The fraction of sp³-hybridized carbons (Fsp3) is 0.647. The average molecular weight is 291 g/mol. The van der Waals surface area contributed by atoms with Crippen molar-refractivity contribution in [3.8, 4) is 0 Å². The second-order valence-corrected chi connectivity index (χ2v) is 17.3. The maximum absolute atomic E-state index is 2.59. The van der Waals surface area contributed by atoms with E-state index in [0.29, 0.717) is 0 Å². The monoisotopic (exact) mass is 290 g/mol. The Kier molecular flexibility index (Phi) is 4.41. The van der Waals surface area contributed by atoms with Crippen molar-refractivity contribution in [1.82, 2.24) is 0 Å². The zero-order valence-electron chi connectivity index (χ0n) is 13.5. The summed E-state index contributed by atoms with van der Waals surface area (Å²) in [5.74, 6) is 0. The number of hydrogen-bond donors (Lipinski definition) is 0. The Morgan fingerprint density at radius 3 is 1.84 bits per heavy atom. The molecule has 106 valence electrons. The fourth-order valence-electron chi connectivity index (χ4n) is 3.56. The Morgan fingerprint density at radius 2 is 1.26 bits per heavy atom. The van der Waals surface area contributed by atoms with E-state index in [2.05, 4.69) is 51.3 Å². The zero-order valence-corrected chi connectivity index (χ0v) is 15.5. The molecule has 0 bridgehead atoms. The van der Waals surface area contributed by atoms with Gasteiger partial charge in [-0.15, -0.1) is 0 Å². The molecule has 0 saturated carbocycles. The normalized spacial score (nSPS) is 22.6. The summed E-state index contributed by atoms with van der Waals surface area (Å²) in [5.41, 5.74) is 1.46. The van der Waals surface area contributed by atoms with Crippen LogP contribution in [0.2, 0.25) is 38.3 Å². The SMILES string of the molecule is Cc1ccc2c(c1)[Si](C)(C)CCCCCC[Si]2(C)C. The molecule has 2 heteroatoms. The van der Waals surface area contributed by atoms with Gasteiger partial charge in [-0.3, -0.25) is 0 Å². The summed E-state index contributed by atoms with van der Waals surface area (Å²) >= 11 is 0. The van der Waals surface area contributed by atoms with E-state index in [1.54, 1.807) is 10.4 Å². The fourth-order valence-corrected chi connectivity index (χ4v) is 11.2. The summed E-state index contributed by atoms with van der Waals surface area (Å²) in [6, 6.07) is 10.3. The summed E-state index contributed by atoms with van der Waals surface area (Å²) in [6.07, 6.45) is 5.83. The van der Waals surface area contributed by atoms with Gasteiger partial charge in [-0.25, -0.2) is 0 Å². The molecule has 1 aromatic carbocycles. The van der Waals surface area contributed by atoms with Crippen molar-refractivity contribution in [1.29, 1.82) is 0 Å². The molecule has 0 saturated heterocycles. The van der Waals surface area contributed by atoms with E-state index in [1.807, 2.05) is 0 Å². The first-order chi connectivity index (χ1) is 8.83. The zero-order chi connectivity index (χ0) is 14.1. The smallest absolute Gasteiger partial charge is 0.0654 e. The summed E-state index contributed by atoms with van der Waals surface area (Å²) in [4.78, 5) is 0. The first kappa shape index (κ1) is 15.1. The standard InChI is InChI=1S/C17H30Si2/c1-15-10-11-16-17(14-15)19(4,5)13-9-7-6-8-12-18(16,2)3/h10-11,14H,6-9,12-13H2,1-5H3. The summed E-state index contributed by atoms with van der Waals surface area (Å²) in [5, 5.41) is 3.59. The molecule has 0 radical (unpaired) electrons. The minimum atomic E-state index is -1.23. The lowest BCUT2D eigenvalue weighted by Gasteiger charge is -2.34. The Hall–Kier alpha value is -0.346. The number of rotatable bonds is 0. The highest BCUT2D eigenvalue weighted by molar-refractivity contribution is 6.99. The molecule has 1 heterocycles. The quantitative estimate of drug-likeness (QED) is 0.621. The third-order valence-corrected chi connectivity index (χ3v) is 12.2. The molecule has 0 fully saturated rings. The molecule has 19 heavy (non-hydrogen) atoms. The maximum Gasteiger partial charge on any atom is 0.0805 e. The van der Waals surface area contributed by atoms with Crippen LogP contribution in [0.15, 0.2) is 18.2 Å². The molecule has 0 atom stereocenters. The van der Waals surface area contributed by atoms with Crippen molar-refractivity contribution in [3.05, 3.63) is 23.8 Å². The van der Waals surface area contributed by atoms with Crippen LogP contribution in [0.3, 0.4) is 0 Å². The van der Waals surface area contributed by atoms with Crippen LogP contribution in [0.25, 0.3) is 0 Å². The number of benzene rings is 1. The minimum Gasteiger partial charge on any atom is -0.0654 e. The van der Waals surface area contributed by atoms with E-state index in [1.165, 1.54) is 43.3 Å². The molecule has 0 amide bonds. The maximum atomic E-state index is 2.59. The number of fused-ring (bicyclic) bond motifs is 1. The highest BCUT2D eigenvalue weighted by atomic mass is 28.3. The molecular formula is C17H30Si2. The molecule has 1 aliphatic rings. The van der Waals surface area contributed by atoms with Crippen molar-refractivity contribution in [2.75, 3.05) is 0 Å². The van der Waals surface area contributed by atoms with Gasteiger partial charge in [0.1, 0.15) is 0 Å². The van der Waals surface area contributed by atoms with E-state index in [0.717, 1.165) is 0 Å². The van der Waals surface area contributed by atoms with Crippen molar-refractivity contribution >= 4 is 26.5 Å². The second-order valence-electron chi connectivity index (χ2n) is 7.73. The first-order valence-electron chi connectivity index (χ1n) is 7.95. The van der Waals surface area contributed by atoms with Gasteiger partial charge >= 0.3 is 0 Å². The van der Waals surface area contributed by atoms with Crippen LogP contribution in [-0.4, -0.2) is 16.1 Å². The highest BCUT2D eigenvalue weighted by Gasteiger charge is 2.33. The summed E-state index contributed by atoms with van der Waals surface area (Å²) in [7, 11) is -2.46. The Morgan fingerprint density at radius 1 is 0.737 bits per heavy atom. The van der Waals surface area contributed by atoms with E-state index < -0.39 is 16.1 Å². The van der Waals surface area contributed by atoms with Crippen LogP contribution in [0.4, 0.5) is 0 Å². The molecule has 0 aromatic heterocycles. The second kappa shape index (κ2) is 5.57. The van der Waals surface area contributed by atoms with Gasteiger partial charge in [0, 0.05) is 0 Å². The third kappa shape index (κ3) is 3.40. The molecule has 0 N–H and O–H groups in total. The molecule has 0 spiro atoms. The van der Waals surface area contributed by atoms with Gasteiger partial charge in [-0.2, -0.15) is 0 Å². The van der Waals surface area contributed by atoms with Gasteiger partial charge in [-0.05, 0) is 6.92 Å². The van der Waals surface area contributed by atoms with E-state index in [-0.39, 0.29) is 0 Å². The van der Waals surface area contributed by atoms with Crippen molar-refractivity contribution in [3.63, 3.8) is 0 Å². The van der Waals surface area contributed by atoms with Crippen LogP contribution in [0.1, 0.15) is 31.2 Å². The van der Waals surface area contributed by atoms with Crippen LogP contribution < -0.4 is 10.4 Å². The van der Waals surface area contributed by atoms with Gasteiger partial charge in [0.25, 0.3) is 0 Å². The van der Waals surface area contributed by atoms with Crippen LogP contribution >= 0.6 is 0 Å². The van der Waals surface area contributed by atoms with Gasteiger partial charge in [0.15, 0.2) is 0 Å². The van der Waals surface area contributed by atoms with Crippen LogP contribution in [0, 0.1) is 6.92 Å². The first-order valence-corrected chi connectivity index (χ1v) is 14.4. The topological polar surface area (TPSA) is 0 Å². The average Bonchev–Trinajstić information content (AvgIpc) is 2.32. The van der Waals surface area contributed by atoms with Crippen molar-refractivity contribution in [2.45, 2.75) is 70.9 Å². The largest absolute Gasteiger partial charge is 0.0805 e. The van der Waals surface area contributed by atoms with Crippen molar-refractivity contribution < 1.29 is 0 Å². The predicted octanol–water partition coefficient (Wildman–Crippen LogP) is 4.40. The minimum absolute atomic E-state index is 1.23. The summed E-state index contributed by atoms with van der Waals surface area (Å²) in [6.45, 7) is 12.6. The summed E-state index contributed by atoms with van der Waals surface area (Å²) < 4.78 is 0. The van der Waals surface area contributed by atoms with E-state index in [9.17, 15) is 0 Å². The van der Waals surface area contributed by atoms with Crippen molar-refractivity contribution in [2.24, 2.45) is 0 Å². The van der Waals surface area contributed by atoms with E-state index >= 15 is 0 Å².